The maximum Gasteiger partial charge on any atom is 0.311 e. The summed E-state index contributed by atoms with van der Waals surface area (Å²) in [6.07, 6.45) is 0.733. The molecule has 0 aromatic heterocycles. The van der Waals surface area contributed by atoms with Crippen LogP contribution in [0, 0.1) is 19.8 Å². The maximum absolute atomic E-state index is 11.8. The van der Waals surface area contributed by atoms with Crippen LogP contribution in [0.2, 0.25) is 0 Å². The van der Waals surface area contributed by atoms with Crippen molar-refractivity contribution in [2.45, 2.75) is 26.7 Å². The van der Waals surface area contributed by atoms with E-state index in [-0.39, 0.29) is 29.8 Å². The Morgan fingerprint density at radius 1 is 1.32 bits per heavy atom. The van der Waals surface area contributed by atoms with E-state index in [0.717, 1.165) is 11.1 Å². The van der Waals surface area contributed by atoms with Gasteiger partial charge in [-0.15, -0.1) is 0 Å². The molecule has 1 atom stereocenters. The van der Waals surface area contributed by atoms with E-state index in [2.05, 4.69) is 0 Å². The minimum atomic E-state index is -2.93. The van der Waals surface area contributed by atoms with Crippen molar-refractivity contribution < 1.29 is 17.9 Å². The largest absolute Gasteiger partial charge is 0.427 e. The summed E-state index contributed by atoms with van der Waals surface area (Å²) in [5.74, 6) is 0.368. The SMILES string of the molecule is Cc1ccc(OC(=O)CC2CCS(=O)(=O)C2)cc1C. The average Bonchev–Trinajstić information content (AvgIpc) is 2.63. The third-order valence-corrected chi connectivity index (χ3v) is 5.33. The first kappa shape index (κ1) is 14.1. The predicted octanol–water partition coefficient (Wildman–Crippen LogP) is 2.03. The van der Waals surface area contributed by atoms with E-state index in [1.165, 1.54) is 0 Å². The van der Waals surface area contributed by atoms with Crippen molar-refractivity contribution in [3.05, 3.63) is 29.3 Å². The van der Waals surface area contributed by atoms with Crippen LogP contribution in [0.15, 0.2) is 18.2 Å². The van der Waals surface area contributed by atoms with Crippen molar-refractivity contribution in [3.63, 3.8) is 0 Å². The highest BCUT2D eigenvalue weighted by molar-refractivity contribution is 7.91. The van der Waals surface area contributed by atoms with Gasteiger partial charge in [0.05, 0.1) is 11.5 Å². The van der Waals surface area contributed by atoms with Crippen LogP contribution in [0.25, 0.3) is 0 Å². The number of esters is 1. The van der Waals surface area contributed by atoms with E-state index in [9.17, 15) is 13.2 Å². The monoisotopic (exact) mass is 282 g/mol. The Balaban J connectivity index is 1.93. The molecule has 2 rings (SSSR count). The van der Waals surface area contributed by atoms with Crippen LogP contribution in [0.4, 0.5) is 0 Å². The van der Waals surface area contributed by atoms with Crippen molar-refractivity contribution in [3.8, 4) is 5.75 Å². The van der Waals surface area contributed by atoms with E-state index in [0.29, 0.717) is 12.2 Å². The molecule has 1 aromatic carbocycles. The molecule has 1 heterocycles. The molecule has 1 aliphatic rings. The Bertz CT molecular complexity index is 589. The summed E-state index contributed by atoms with van der Waals surface area (Å²) < 4.78 is 27.9. The second-order valence-electron chi connectivity index (χ2n) is 5.19. The highest BCUT2D eigenvalue weighted by Gasteiger charge is 2.29. The number of hydrogen-bond donors (Lipinski definition) is 0. The second kappa shape index (κ2) is 5.33. The first-order valence-electron chi connectivity index (χ1n) is 6.34. The van der Waals surface area contributed by atoms with E-state index >= 15 is 0 Å². The summed E-state index contributed by atoms with van der Waals surface area (Å²) in [5, 5.41) is 0. The number of hydrogen-bond acceptors (Lipinski definition) is 4. The summed E-state index contributed by atoms with van der Waals surface area (Å²) in [6.45, 7) is 3.94. The normalized spacial score (nSPS) is 21.3. The molecule has 0 aliphatic carbocycles. The lowest BCUT2D eigenvalue weighted by Gasteiger charge is -2.09. The van der Waals surface area contributed by atoms with Gasteiger partial charge in [-0.1, -0.05) is 6.07 Å². The van der Waals surface area contributed by atoms with Gasteiger partial charge in [-0.05, 0) is 49.4 Å². The van der Waals surface area contributed by atoms with Crippen LogP contribution in [0.3, 0.4) is 0 Å². The molecule has 0 amide bonds. The summed E-state index contributed by atoms with van der Waals surface area (Å²) in [5.41, 5.74) is 2.20. The standard InChI is InChI=1S/C14H18O4S/c1-10-3-4-13(7-11(10)2)18-14(15)8-12-5-6-19(16,17)9-12/h3-4,7,12H,5-6,8-9H2,1-2H3. The first-order chi connectivity index (χ1) is 8.85. The lowest BCUT2D eigenvalue weighted by atomic mass is 10.1. The van der Waals surface area contributed by atoms with E-state index in [1.54, 1.807) is 6.07 Å². The maximum atomic E-state index is 11.8. The fraction of sp³-hybridized carbons (Fsp3) is 0.500. The summed E-state index contributed by atoms with van der Waals surface area (Å²) >= 11 is 0. The van der Waals surface area contributed by atoms with Crippen molar-refractivity contribution in [2.75, 3.05) is 11.5 Å². The van der Waals surface area contributed by atoms with Crippen LogP contribution < -0.4 is 4.74 Å². The van der Waals surface area contributed by atoms with Crippen LogP contribution in [0.1, 0.15) is 24.0 Å². The molecule has 0 radical (unpaired) electrons. The fourth-order valence-corrected chi connectivity index (χ4v) is 4.08. The van der Waals surface area contributed by atoms with E-state index in [4.69, 9.17) is 4.74 Å². The van der Waals surface area contributed by atoms with Gasteiger partial charge in [-0.2, -0.15) is 0 Å². The lowest BCUT2D eigenvalue weighted by Crippen LogP contribution is -2.15. The molecular weight excluding hydrogens is 264 g/mol. The number of rotatable bonds is 3. The Morgan fingerprint density at radius 3 is 2.63 bits per heavy atom. The molecule has 1 fully saturated rings. The Labute approximate surface area is 113 Å². The van der Waals surface area contributed by atoms with Gasteiger partial charge < -0.3 is 4.74 Å². The highest BCUT2D eigenvalue weighted by atomic mass is 32.2. The molecular formula is C14H18O4S. The third-order valence-electron chi connectivity index (χ3n) is 3.49. The molecule has 0 N–H and O–H groups in total. The zero-order chi connectivity index (χ0) is 14.0. The Hall–Kier alpha value is -1.36. The molecule has 4 nitrogen and oxygen atoms in total. The molecule has 0 saturated carbocycles. The van der Waals surface area contributed by atoms with Crippen LogP contribution in [-0.2, 0) is 14.6 Å². The van der Waals surface area contributed by atoms with E-state index in [1.807, 2.05) is 26.0 Å². The Kier molecular flexibility index (Phi) is 3.94. The van der Waals surface area contributed by atoms with Gasteiger partial charge in [-0.25, -0.2) is 8.42 Å². The quantitative estimate of drug-likeness (QED) is 0.628. The molecule has 1 unspecified atom stereocenters. The zero-order valence-corrected chi connectivity index (χ0v) is 12.0. The first-order valence-corrected chi connectivity index (χ1v) is 8.16. The number of aryl methyl sites for hydroxylation is 2. The second-order valence-corrected chi connectivity index (χ2v) is 7.42. The van der Waals surface area contributed by atoms with Gasteiger partial charge in [-0.3, -0.25) is 4.79 Å². The molecule has 0 bridgehead atoms. The topological polar surface area (TPSA) is 60.4 Å². The minimum absolute atomic E-state index is 0.0935. The van der Waals surface area contributed by atoms with Crippen molar-refractivity contribution in [1.82, 2.24) is 0 Å². The van der Waals surface area contributed by atoms with Gasteiger partial charge >= 0.3 is 5.97 Å². The number of benzene rings is 1. The van der Waals surface area contributed by atoms with Crippen molar-refractivity contribution >= 4 is 15.8 Å². The van der Waals surface area contributed by atoms with Crippen molar-refractivity contribution in [1.29, 1.82) is 0 Å². The zero-order valence-electron chi connectivity index (χ0n) is 11.2. The van der Waals surface area contributed by atoms with Gasteiger partial charge in [0.15, 0.2) is 9.84 Å². The number of carbonyl (C=O) groups excluding carboxylic acids is 1. The molecule has 0 spiro atoms. The molecule has 1 aromatic rings. The van der Waals surface area contributed by atoms with Crippen LogP contribution >= 0.6 is 0 Å². The lowest BCUT2D eigenvalue weighted by molar-refractivity contribution is -0.135. The molecule has 1 aliphatic heterocycles. The molecule has 19 heavy (non-hydrogen) atoms. The highest BCUT2D eigenvalue weighted by Crippen LogP contribution is 2.23. The number of carbonyl (C=O) groups is 1. The third kappa shape index (κ3) is 3.80. The fourth-order valence-electron chi connectivity index (χ4n) is 2.22. The molecule has 5 heteroatoms. The van der Waals surface area contributed by atoms with Gasteiger partial charge in [0, 0.05) is 6.42 Å². The summed E-state index contributed by atoms with van der Waals surface area (Å²) in [6, 6.07) is 5.47. The number of sulfone groups is 1. The van der Waals surface area contributed by atoms with Crippen LogP contribution in [0.5, 0.6) is 5.75 Å². The van der Waals surface area contributed by atoms with Gasteiger partial charge in [0.25, 0.3) is 0 Å². The van der Waals surface area contributed by atoms with Crippen LogP contribution in [-0.4, -0.2) is 25.9 Å². The summed E-state index contributed by atoms with van der Waals surface area (Å²) in [4.78, 5) is 11.8. The smallest absolute Gasteiger partial charge is 0.311 e. The van der Waals surface area contributed by atoms with Crippen molar-refractivity contribution in [2.24, 2.45) is 5.92 Å². The van der Waals surface area contributed by atoms with Gasteiger partial charge in [0.2, 0.25) is 0 Å². The Morgan fingerprint density at radius 2 is 2.05 bits per heavy atom. The van der Waals surface area contributed by atoms with E-state index < -0.39 is 9.84 Å². The minimum Gasteiger partial charge on any atom is -0.427 e. The summed E-state index contributed by atoms with van der Waals surface area (Å²) in [7, 11) is -2.93. The molecule has 104 valence electrons. The number of ether oxygens (including phenoxy) is 1. The predicted molar refractivity (Wildman–Crippen MR) is 72.9 cm³/mol. The van der Waals surface area contributed by atoms with Gasteiger partial charge in [0.1, 0.15) is 5.75 Å². The average molecular weight is 282 g/mol. The molecule has 1 saturated heterocycles.